The second-order valence-corrected chi connectivity index (χ2v) is 9.46. The summed E-state index contributed by atoms with van der Waals surface area (Å²) in [5.41, 5.74) is 0.735. The van der Waals surface area contributed by atoms with Crippen molar-refractivity contribution in [2.24, 2.45) is 5.92 Å². The molecule has 0 radical (unpaired) electrons. The summed E-state index contributed by atoms with van der Waals surface area (Å²) in [4.78, 5) is 15.2. The molecule has 2 aliphatic rings. The molecule has 9 heteroatoms. The van der Waals surface area contributed by atoms with E-state index in [4.69, 9.17) is 14.2 Å². The number of rotatable bonds is 5. The number of hydrogen-bond donors (Lipinski definition) is 0. The zero-order chi connectivity index (χ0) is 22.0. The number of benzene rings is 2. The first-order valence-corrected chi connectivity index (χ1v) is 11.6. The molecule has 31 heavy (non-hydrogen) atoms. The minimum Gasteiger partial charge on any atom is -0.493 e. The van der Waals surface area contributed by atoms with E-state index in [-0.39, 0.29) is 17.3 Å². The van der Waals surface area contributed by atoms with Gasteiger partial charge in [-0.1, -0.05) is 12.1 Å². The van der Waals surface area contributed by atoms with Crippen molar-refractivity contribution in [2.75, 3.05) is 45.4 Å². The second-order valence-electron chi connectivity index (χ2n) is 7.53. The Hall–Kier alpha value is -2.78. The summed E-state index contributed by atoms with van der Waals surface area (Å²) in [5.74, 6) is 1.00. The number of nitrogens with zero attached hydrogens (tertiary/aromatic N) is 2. The highest BCUT2D eigenvalue weighted by Crippen LogP contribution is 2.35. The molecule has 166 valence electrons. The molecule has 4 rings (SSSR count). The Labute approximate surface area is 182 Å². The number of carbonyl (C=O) groups excluding carboxylic acids is 1. The van der Waals surface area contributed by atoms with E-state index in [2.05, 4.69) is 0 Å². The van der Waals surface area contributed by atoms with Crippen molar-refractivity contribution < 1.29 is 27.4 Å². The molecule has 0 bridgehead atoms. The first-order valence-electron chi connectivity index (χ1n) is 10.2. The van der Waals surface area contributed by atoms with E-state index < -0.39 is 15.9 Å². The van der Waals surface area contributed by atoms with Crippen molar-refractivity contribution >= 4 is 21.6 Å². The van der Waals surface area contributed by atoms with Crippen LogP contribution in [0, 0.1) is 5.92 Å². The van der Waals surface area contributed by atoms with Gasteiger partial charge in [0.05, 0.1) is 37.3 Å². The molecule has 2 aromatic carbocycles. The van der Waals surface area contributed by atoms with Crippen molar-refractivity contribution in [2.45, 2.75) is 17.7 Å². The third-order valence-electron chi connectivity index (χ3n) is 5.72. The van der Waals surface area contributed by atoms with Crippen molar-refractivity contribution in [1.82, 2.24) is 4.31 Å². The number of amides is 1. The van der Waals surface area contributed by atoms with Gasteiger partial charge in [-0.3, -0.25) is 4.79 Å². The second kappa shape index (κ2) is 8.76. The molecular weight excluding hydrogens is 420 g/mol. The van der Waals surface area contributed by atoms with Crippen LogP contribution in [0.1, 0.15) is 12.8 Å². The number of para-hydroxylation sites is 2. The van der Waals surface area contributed by atoms with Gasteiger partial charge in [0.15, 0.2) is 11.5 Å². The summed E-state index contributed by atoms with van der Waals surface area (Å²) >= 11 is 0. The van der Waals surface area contributed by atoms with Crippen LogP contribution in [0.25, 0.3) is 0 Å². The fourth-order valence-corrected chi connectivity index (χ4v) is 5.65. The average molecular weight is 447 g/mol. The Morgan fingerprint density at radius 3 is 2.61 bits per heavy atom. The fourth-order valence-electron chi connectivity index (χ4n) is 4.11. The van der Waals surface area contributed by atoms with Gasteiger partial charge in [0.2, 0.25) is 15.9 Å². The van der Waals surface area contributed by atoms with Crippen LogP contribution in [0.3, 0.4) is 0 Å². The maximum atomic E-state index is 13.3. The van der Waals surface area contributed by atoms with Crippen molar-refractivity contribution in [3.8, 4) is 17.2 Å². The molecular formula is C22H26N2O6S. The summed E-state index contributed by atoms with van der Waals surface area (Å²) in [7, 11) is -0.816. The van der Waals surface area contributed by atoms with Crippen LogP contribution in [-0.4, -0.2) is 59.1 Å². The Morgan fingerprint density at radius 2 is 1.84 bits per heavy atom. The number of ether oxygens (including phenoxy) is 3. The highest BCUT2D eigenvalue weighted by molar-refractivity contribution is 7.89. The van der Waals surface area contributed by atoms with Gasteiger partial charge >= 0.3 is 0 Å². The van der Waals surface area contributed by atoms with Crippen LogP contribution in [0.15, 0.2) is 47.4 Å². The van der Waals surface area contributed by atoms with Crippen LogP contribution in [-0.2, 0) is 14.8 Å². The molecule has 2 heterocycles. The van der Waals surface area contributed by atoms with E-state index in [9.17, 15) is 13.2 Å². The van der Waals surface area contributed by atoms with Crippen LogP contribution >= 0.6 is 0 Å². The predicted octanol–water partition coefficient (Wildman–Crippen LogP) is 2.53. The Balaban J connectivity index is 1.55. The standard InChI is InChI=1S/C22H26N2O6S/c1-28-20-10-9-17(14-21(20)29-2)31(26,27)23-11-5-6-16(15-23)22(25)24-12-13-30-19-8-4-3-7-18(19)24/h3-4,7-10,14,16H,5-6,11-13,15H2,1-2H3. The van der Waals surface area contributed by atoms with Gasteiger partial charge < -0.3 is 19.1 Å². The SMILES string of the molecule is COc1ccc(S(=O)(=O)N2CCCC(C(=O)N3CCOc4ccccc43)C2)cc1OC. The quantitative estimate of drug-likeness (QED) is 0.702. The van der Waals surface area contributed by atoms with Gasteiger partial charge in [0, 0.05) is 19.2 Å². The highest BCUT2D eigenvalue weighted by Gasteiger charge is 2.37. The first kappa shape index (κ1) is 21.5. The van der Waals surface area contributed by atoms with E-state index in [0.717, 1.165) is 5.69 Å². The van der Waals surface area contributed by atoms with E-state index in [1.807, 2.05) is 24.3 Å². The molecule has 0 saturated carbocycles. The summed E-state index contributed by atoms with van der Waals surface area (Å²) in [6, 6.07) is 11.9. The normalized spacial score (nSPS) is 19.3. The van der Waals surface area contributed by atoms with Gasteiger partial charge in [0.1, 0.15) is 12.4 Å². The summed E-state index contributed by atoms with van der Waals surface area (Å²) in [6.45, 7) is 1.40. The van der Waals surface area contributed by atoms with Gasteiger partial charge in [-0.2, -0.15) is 4.31 Å². The number of hydrogen-bond acceptors (Lipinski definition) is 6. The van der Waals surface area contributed by atoms with Crippen molar-refractivity contribution in [3.63, 3.8) is 0 Å². The number of anilines is 1. The molecule has 2 aliphatic heterocycles. The molecule has 1 unspecified atom stereocenters. The third-order valence-corrected chi connectivity index (χ3v) is 7.58. The molecule has 1 fully saturated rings. The summed E-state index contributed by atoms with van der Waals surface area (Å²) in [6.07, 6.45) is 1.27. The molecule has 0 aliphatic carbocycles. The number of piperidine rings is 1. The van der Waals surface area contributed by atoms with E-state index in [1.165, 1.54) is 30.7 Å². The van der Waals surface area contributed by atoms with Crippen LogP contribution in [0.5, 0.6) is 17.2 Å². The molecule has 2 aromatic rings. The van der Waals surface area contributed by atoms with E-state index in [1.54, 1.807) is 11.0 Å². The molecule has 1 amide bonds. The molecule has 8 nitrogen and oxygen atoms in total. The lowest BCUT2D eigenvalue weighted by Crippen LogP contribution is -2.48. The first-order chi connectivity index (χ1) is 15.0. The molecule has 1 atom stereocenters. The number of carbonyl (C=O) groups is 1. The van der Waals surface area contributed by atoms with Crippen molar-refractivity contribution in [1.29, 1.82) is 0 Å². The van der Waals surface area contributed by atoms with Crippen LogP contribution < -0.4 is 19.1 Å². The van der Waals surface area contributed by atoms with E-state index in [0.29, 0.717) is 49.8 Å². The summed E-state index contributed by atoms with van der Waals surface area (Å²) < 4.78 is 44.1. The van der Waals surface area contributed by atoms with Crippen LogP contribution in [0.2, 0.25) is 0 Å². The average Bonchev–Trinajstić information content (AvgIpc) is 2.82. The summed E-state index contributed by atoms with van der Waals surface area (Å²) in [5, 5.41) is 0. The molecule has 0 aromatic heterocycles. The topological polar surface area (TPSA) is 85.4 Å². The lowest BCUT2D eigenvalue weighted by molar-refractivity contribution is -0.123. The lowest BCUT2D eigenvalue weighted by Gasteiger charge is -2.36. The zero-order valence-corrected chi connectivity index (χ0v) is 18.4. The minimum absolute atomic E-state index is 0.0667. The van der Waals surface area contributed by atoms with E-state index >= 15 is 0 Å². The Morgan fingerprint density at radius 1 is 1.06 bits per heavy atom. The molecule has 0 spiro atoms. The Bertz CT molecular complexity index is 1070. The molecule has 0 N–H and O–H groups in total. The van der Waals surface area contributed by atoms with Crippen LogP contribution in [0.4, 0.5) is 5.69 Å². The minimum atomic E-state index is -3.77. The smallest absolute Gasteiger partial charge is 0.243 e. The fraction of sp³-hybridized carbons (Fsp3) is 0.409. The monoisotopic (exact) mass is 446 g/mol. The largest absolute Gasteiger partial charge is 0.493 e. The zero-order valence-electron chi connectivity index (χ0n) is 17.6. The van der Waals surface area contributed by atoms with Gasteiger partial charge in [-0.15, -0.1) is 0 Å². The number of methoxy groups -OCH3 is 2. The molecule has 1 saturated heterocycles. The maximum absolute atomic E-state index is 13.3. The van der Waals surface area contributed by atoms with Gasteiger partial charge in [-0.25, -0.2) is 8.42 Å². The third kappa shape index (κ3) is 4.07. The van der Waals surface area contributed by atoms with Gasteiger partial charge in [-0.05, 0) is 37.1 Å². The predicted molar refractivity (Wildman–Crippen MR) is 115 cm³/mol. The number of sulfonamides is 1. The number of fused-ring (bicyclic) bond motifs is 1. The Kier molecular flexibility index (Phi) is 6.06. The van der Waals surface area contributed by atoms with Crippen molar-refractivity contribution in [3.05, 3.63) is 42.5 Å². The maximum Gasteiger partial charge on any atom is 0.243 e. The highest BCUT2D eigenvalue weighted by atomic mass is 32.2. The lowest BCUT2D eigenvalue weighted by atomic mass is 9.97. The van der Waals surface area contributed by atoms with Gasteiger partial charge in [0.25, 0.3) is 0 Å².